The summed E-state index contributed by atoms with van der Waals surface area (Å²) in [6.07, 6.45) is -5.73. The highest BCUT2D eigenvalue weighted by Gasteiger charge is 2.31. The number of amides is 1. The van der Waals surface area contributed by atoms with Crippen LogP contribution in [0.3, 0.4) is 0 Å². The number of halogens is 3. The molecule has 26 heavy (non-hydrogen) atoms. The van der Waals surface area contributed by atoms with E-state index in [1.54, 1.807) is 24.3 Å². The number of esters is 1. The van der Waals surface area contributed by atoms with Crippen molar-refractivity contribution in [1.29, 1.82) is 0 Å². The molecule has 0 aliphatic heterocycles. The molecule has 0 spiro atoms. The van der Waals surface area contributed by atoms with Gasteiger partial charge in [-0.2, -0.15) is 13.2 Å². The zero-order valence-corrected chi connectivity index (χ0v) is 14.1. The minimum Gasteiger partial charge on any atom is -0.449 e. The Balaban J connectivity index is 2.04. The van der Waals surface area contributed by atoms with Gasteiger partial charge in [0.1, 0.15) is 0 Å². The van der Waals surface area contributed by atoms with Gasteiger partial charge in [0.15, 0.2) is 6.10 Å². The van der Waals surface area contributed by atoms with Gasteiger partial charge in [0.05, 0.1) is 11.1 Å². The Labute approximate surface area is 148 Å². The summed E-state index contributed by atoms with van der Waals surface area (Å²) in [6, 6.07) is 9.28. The summed E-state index contributed by atoms with van der Waals surface area (Å²) in [4.78, 5) is 24.1. The van der Waals surface area contributed by atoms with Crippen LogP contribution < -0.4 is 11.1 Å². The number of benzene rings is 2. The van der Waals surface area contributed by atoms with Crippen LogP contribution in [0.4, 0.5) is 24.5 Å². The molecule has 0 fully saturated rings. The summed E-state index contributed by atoms with van der Waals surface area (Å²) in [5, 5.41) is 2.57. The monoisotopic (exact) mass is 366 g/mol. The van der Waals surface area contributed by atoms with E-state index in [1.807, 2.05) is 6.92 Å². The third-order valence-electron chi connectivity index (χ3n) is 3.57. The number of hydrogen-bond acceptors (Lipinski definition) is 4. The molecule has 5 nitrogen and oxygen atoms in total. The highest BCUT2D eigenvalue weighted by molar-refractivity contribution is 5.99. The van der Waals surface area contributed by atoms with Crippen molar-refractivity contribution in [3.8, 4) is 0 Å². The number of nitrogens with two attached hydrogens (primary N) is 1. The smallest absolute Gasteiger partial charge is 0.416 e. The number of nitrogens with one attached hydrogen (secondary N) is 1. The van der Waals surface area contributed by atoms with Gasteiger partial charge in [0.2, 0.25) is 0 Å². The van der Waals surface area contributed by atoms with Crippen LogP contribution in [0.15, 0.2) is 42.5 Å². The lowest BCUT2D eigenvalue weighted by Crippen LogP contribution is -2.30. The molecule has 3 N–H and O–H groups in total. The first kappa shape index (κ1) is 19.3. The van der Waals surface area contributed by atoms with E-state index in [1.165, 1.54) is 6.92 Å². The van der Waals surface area contributed by atoms with E-state index in [4.69, 9.17) is 10.5 Å². The fourth-order valence-corrected chi connectivity index (χ4v) is 2.08. The number of nitrogen functional groups attached to an aromatic ring is 1. The summed E-state index contributed by atoms with van der Waals surface area (Å²) >= 11 is 0. The molecule has 0 aliphatic rings. The van der Waals surface area contributed by atoms with Crippen molar-refractivity contribution in [1.82, 2.24) is 0 Å². The van der Waals surface area contributed by atoms with Gasteiger partial charge >= 0.3 is 12.1 Å². The molecule has 0 aromatic heterocycles. The molecule has 0 bridgehead atoms. The first-order chi connectivity index (χ1) is 12.1. The second-order valence-electron chi connectivity index (χ2n) is 5.70. The van der Waals surface area contributed by atoms with Gasteiger partial charge in [0.25, 0.3) is 5.91 Å². The number of alkyl halides is 3. The first-order valence-corrected chi connectivity index (χ1v) is 7.63. The summed E-state index contributed by atoms with van der Waals surface area (Å²) in [5.41, 5.74) is 5.45. The number of anilines is 2. The summed E-state index contributed by atoms with van der Waals surface area (Å²) < 4.78 is 42.9. The predicted molar refractivity (Wildman–Crippen MR) is 90.5 cm³/mol. The Bertz CT molecular complexity index is 817. The van der Waals surface area contributed by atoms with Crippen molar-refractivity contribution in [2.24, 2.45) is 0 Å². The van der Waals surface area contributed by atoms with E-state index in [0.717, 1.165) is 17.7 Å². The molecule has 138 valence electrons. The van der Waals surface area contributed by atoms with Crippen LogP contribution in [-0.4, -0.2) is 18.0 Å². The third-order valence-corrected chi connectivity index (χ3v) is 3.57. The number of carbonyl (C=O) groups is 2. The molecule has 1 amide bonds. The number of aryl methyl sites for hydroxylation is 1. The van der Waals surface area contributed by atoms with E-state index in [-0.39, 0.29) is 11.3 Å². The zero-order valence-electron chi connectivity index (χ0n) is 14.1. The normalized spacial score (nSPS) is 12.3. The second-order valence-corrected chi connectivity index (χ2v) is 5.70. The molecule has 2 rings (SSSR count). The molecule has 0 saturated carbocycles. The largest absolute Gasteiger partial charge is 0.449 e. The highest BCUT2D eigenvalue weighted by atomic mass is 19.4. The summed E-state index contributed by atoms with van der Waals surface area (Å²) in [6.45, 7) is 3.24. The lowest BCUT2D eigenvalue weighted by atomic mass is 10.1. The molecule has 8 heteroatoms. The van der Waals surface area contributed by atoms with Crippen molar-refractivity contribution in [2.45, 2.75) is 26.1 Å². The van der Waals surface area contributed by atoms with E-state index in [9.17, 15) is 22.8 Å². The van der Waals surface area contributed by atoms with Gasteiger partial charge in [-0.25, -0.2) is 4.79 Å². The van der Waals surface area contributed by atoms with Crippen LogP contribution in [-0.2, 0) is 15.7 Å². The maximum absolute atomic E-state index is 12.6. The highest BCUT2D eigenvalue weighted by Crippen LogP contribution is 2.31. The molecule has 0 unspecified atom stereocenters. The SMILES string of the molecule is Cc1ccc(NC(=O)[C@H](C)OC(=O)c2ccc(C(F)(F)F)cc2N)cc1. The third kappa shape index (κ3) is 4.75. The van der Waals surface area contributed by atoms with Gasteiger partial charge in [0, 0.05) is 11.4 Å². The molecular formula is C18H17F3N2O3. The maximum Gasteiger partial charge on any atom is 0.416 e. The second kappa shape index (κ2) is 7.47. The molecule has 0 heterocycles. The van der Waals surface area contributed by atoms with Crippen LogP contribution in [0.2, 0.25) is 0 Å². The fourth-order valence-electron chi connectivity index (χ4n) is 2.08. The van der Waals surface area contributed by atoms with Crippen molar-refractivity contribution in [3.05, 3.63) is 59.2 Å². The molecule has 2 aromatic carbocycles. The lowest BCUT2D eigenvalue weighted by Gasteiger charge is -2.15. The quantitative estimate of drug-likeness (QED) is 0.637. The van der Waals surface area contributed by atoms with Crippen molar-refractivity contribution in [3.63, 3.8) is 0 Å². The van der Waals surface area contributed by atoms with E-state index in [2.05, 4.69) is 5.32 Å². The minimum atomic E-state index is -4.57. The molecule has 0 radical (unpaired) electrons. The van der Waals surface area contributed by atoms with Crippen LogP contribution in [0, 0.1) is 6.92 Å². The van der Waals surface area contributed by atoms with Crippen molar-refractivity contribution < 1.29 is 27.5 Å². The van der Waals surface area contributed by atoms with Gasteiger partial charge in [-0.15, -0.1) is 0 Å². The Morgan fingerprint density at radius 1 is 1.12 bits per heavy atom. The van der Waals surface area contributed by atoms with Crippen LogP contribution in [0.25, 0.3) is 0 Å². The van der Waals surface area contributed by atoms with Gasteiger partial charge < -0.3 is 15.8 Å². The van der Waals surface area contributed by atoms with Crippen LogP contribution in [0.1, 0.15) is 28.4 Å². The average Bonchev–Trinajstić information content (AvgIpc) is 2.55. The van der Waals surface area contributed by atoms with Crippen molar-refractivity contribution in [2.75, 3.05) is 11.1 Å². The zero-order chi connectivity index (χ0) is 19.5. The maximum atomic E-state index is 12.6. The van der Waals surface area contributed by atoms with Gasteiger partial charge in [-0.3, -0.25) is 4.79 Å². The number of ether oxygens (including phenoxy) is 1. The Morgan fingerprint density at radius 3 is 2.27 bits per heavy atom. The van der Waals surface area contributed by atoms with Gasteiger partial charge in [-0.1, -0.05) is 17.7 Å². The molecular weight excluding hydrogens is 349 g/mol. The van der Waals surface area contributed by atoms with E-state index >= 15 is 0 Å². The molecule has 1 atom stereocenters. The minimum absolute atomic E-state index is 0.243. The standard InChI is InChI=1S/C18H17F3N2O3/c1-10-3-6-13(7-4-10)23-16(24)11(2)26-17(25)14-8-5-12(9-15(14)22)18(19,20)21/h3-9,11H,22H2,1-2H3,(H,23,24)/t11-/m0/s1. The number of carbonyl (C=O) groups excluding carboxylic acids is 2. The predicted octanol–water partition coefficient (Wildman–Crippen LogP) is 3.78. The molecule has 2 aromatic rings. The number of hydrogen-bond donors (Lipinski definition) is 2. The Hall–Kier alpha value is -3.03. The van der Waals surface area contributed by atoms with E-state index in [0.29, 0.717) is 11.8 Å². The lowest BCUT2D eigenvalue weighted by molar-refractivity contribution is -0.137. The van der Waals surface area contributed by atoms with E-state index < -0.39 is 29.7 Å². The van der Waals surface area contributed by atoms with Crippen molar-refractivity contribution >= 4 is 23.3 Å². The average molecular weight is 366 g/mol. The topological polar surface area (TPSA) is 81.4 Å². The first-order valence-electron chi connectivity index (χ1n) is 7.63. The molecule has 0 aliphatic carbocycles. The van der Waals surface area contributed by atoms with Crippen LogP contribution >= 0.6 is 0 Å². The van der Waals surface area contributed by atoms with Gasteiger partial charge in [-0.05, 0) is 44.2 Å². The Morgan fingerprint density at radius 2 is 1.73 bits per heavy atom. The fraction of sp³-hybridized carbons (Fsp3) is 0.222. The number of rotatable bonds is 4. The summed E-state index contributed by atoms with van der Waals surface area (Å²) in [5.74, 6) is -1.56. The molecule has 0 saturated heterocycles. The Kier molecular flexibility index (Phi) is 5.54. The van der Waals surface area contributed by atoms with Crippen LogP contribution in [0.5, 0.6) is 0 Å². The summed E-state index contributed by atoms with van der Waals surface area (Å²) in [7, 11) is 0.